The molecule has 0 heterocycles. The van der Waals surface area contributed by atoms with E-state index in [1.54, 1.807) is 32.0 Å². The number of aliphatic hydroxyl groups excluding tert-OH is 1. The molecular formula is C28H30N2O5. The van der Waals surface area contributed by atoms with Crippen LogP contribution < -0.4 is 10.6 Å². The molecule has 7 nitrogen and oxygen atoms in total. The number of carbonyl (C=O) groups is 2. The van der Waals surface area contributed by atoms with E-state index in [0.29, 0.717) is 29.7 Å². The summed E-state index contributed by atoms with van der Waals surface area (Å²) in [6.45, 7) is 5.31. The highest BCUT2D eigenvalue weighted by molar-refractivity contribution is 6.02. The highest BCUT2D eigenvalue weighted by atomic mass is 16.3. The number of benzene rings is 3. The smallest absolute Gasteiger partial charge is 0.251 e. The second-order valence-corrected chi connectivity index (χ2v) is 9.84. The minimum atomic E-state index is -0.715. The lowest BCUT2D eigenvalue weighted by molar-refractivity contribution is -0.118. The van der Waals surface area contributed by atoms with Gasteiger partial charge in [-0.15, -0.1) is 0 Å². The first kappa shape index (κ1) is 24.3. The molecule has 1 saturated carbocycles. The molecule has 35 heavy (non-hydrogen) atoms. The van der Waals surface area contributed by atoms with Crippen LogP contribution in [-0.4, -0.2) is 39.3 Å². The van der Waals surface area contributed by atoms with Gasteiger partial charge in [-0.05, 0) is 92.3 Å². The van der Waals surface area contributed by atoms with Crippen molar-refractivity contribution >= 4 is 17.5 Å². The van der Waals surface area contributed by atoms with Gasteiger partial charge in [0.25, 0.3) is 5.91 Å². The van der Waals surface area contributed by atoms with Crippen LogP contribution >= 0.6 is 0 Å². The number of phenolic OH excluding ortho intramolecular Hbond substituents is 2. The lowest BCUT2D eigenvalue weighted by atomic mass is 9.94. The van der Waals surface area contributed by atoms with Crippen LogP contribution in [-0.2, 0) is 10.2 Å². The number of hydrogen-bond donors (Lipinski definition) is 5. The summed E-state index contributed by atoms with van der Waals surface area (Å²) in [6.07, 6.45) is 1.33. The summed E-state index contributed by atoms with van der Waals surface area (Å²) in [7, 11) is 0. The van der Waals surface area contributed by atoms with Crippen molar-refractivity contribution in [2.75, 3.05) is 11.9 Å². The molecule has 1 aliphatic carbocycles. The summed E-state index contributed by atoms with van der Waals surface area (Å²) in [4.78, 5) is 25.6. The monoisotopic (exact) mass is 474 g/mol. The first-order valence-corrected chi connectivity index (χ1v) is 11.5. The maximum Gasteiger partial charge on any atom is 0.251 e. The molecule has 1 aliphatic rings. The van der Waals surface area contributed by atoms with E-state index in [9.17, 15) is 24.9 Å². The van der Waals surface area contributed by atoms with Crippen LogP contribution in [0.25, 0.3) is 11.1 Å². The SMILES string of the molecule is Cc1ccc(NC(=O)C2(c3ccc(O)c(O)c3)CC2)cc1-c1ccc(C(=O)NC(C)(C)CO)cc1. The minimum Gasteiger partial charge on any atom is -0.504 e. The Hall–Kier alpha value is -3.84. The summed E-state index contributed by atoms with van der Waals surface area (Å²) in [5.74, 6) is -0.871. The Balaban J connectivity index is 1.53. The fraction of sp³-hybridized carbons (Fsp3) is 0.286. The Morgan fingerprint density at radius 1 is 0.943 bits per heavy atom. The summed E-state index contributed by atoms with van der Waals surface area (Å²) in [5.41, 5.74) is 3.24. The quantitative estimate of drug-likeness (QED) is 0.328. The number of phenols is 2. The number of rotatable bonds is 7. The largest absolute Gasteiger partial charge is 0.504 e. The zero-order valence-electron chi connectivity index (χ0n) is 20.1. The second kappa shape index (κ2) is 9.07. The van der Waals surface area contributed by atoms with Crippen LogP contribution in [0.15, 0.2) is 60.7 Å². The van der Waals surface area contributed by atoms with E-state index in [1.165, 1.54) is 12.1 Å². The van der Waals surface area contributed by atoms with E-state index in [1.807, 2.05) is 37.3 Å². The van der Waals surface area contributed by atoms with Gasteiger partial charge in [0, 0.05) is 11.3 Å². The number of anilines is 1. The average Bonchev–Trinajstić information content (AvgIpc) is 3.64. The zero-order chi connectivity index (χ0) is 25.4. The molecule has 0 radical (unpaired) electrons. The topological polar surface area (TPSA) is 119 Å². The van der Waals surface area contributed by atoms with Gasteiger partial charge in [0.2, 0.25) is 5.91 Å². The van der Waals surface area contributed by atoms with Gasteiger partial charge in [-0.3, -0.25) is 9.59 Å². The summed E-state index contributed by atoms with van der Waals surface area (Å²) in [6, 6.07) is 17.4. The maximum atomic E-state index is 13.2. The third-order valence-corrected chi connectivity index (χ3v) is 6.51. The second-order valence-electron chi connectivity index (χ2n) is 9.84. The summed E-state index contributed by atoms with van der Waals surface area (Å²) in [5, 5.41) is 34.6. The van der Waals surface area contributed by atoms with Crippen molar-refractivity contribution in [3.05, 3.63) is 77.4 Å². The summed E-state index contributed by atoms with van der Waals surface area (Å²) < 4.78 is 0. The number of aromatic hydroxyl groups is 2. The Bertz CT molecular complexity index is 1280. The zero-order valence-corrected chi connectivity index (χ0v) is 20.1. The van der Waals surface area contributed by atoms with Gasteiger partial charge in [0.1, 0.15) is 0 Å². The molecule has 3 aromatic rings. The fourth-order valence-corrected chi connectivity index (χ4v) is 4.07. The molecule has 4 rings (SSSR count). The predicted octanol–water partition coefficient (Wildman–Crippen LogP) is 4.24. The summed E-state index contributed by atoms with van der Waals surface area (Å²) >= 11 is 0. The molecule has 3 aromatic carbocycles. The molecule has 182 valence electrons. The minimum absolute atomic E-state index is 0.157. The molecule has 0 aliphatic heterocycles. The molecule has 0 unspecified atom stereocenters. The molecule has 5 N–H and O–H groups in total. The standard InChI is InChI=1S/C28H30N2O5/c1-17-4-10-21(29-26(35)28(12-13-28)20-9-11-23(32)24(33)14-20)15-22(17)18-5-7-19(8-6-18)25(34)30-27(2,3)16-31/h4-11,14-15,31-33H,12-13,16H2,1-3H3,(H,29,35)(H,30,34). The lowest BCUT2D eigenvalue weighted by Crippen LogP contribution is -2.46. The Morgan fingerprint density at radius 2 is 1.63 bits per heavy atom. The molecule has 2 amide bonds. The number of nitrogens with one attached hydrogen (secondary N) is 2. The molecule has 0 atom stereocenters. The van der Waals surface area contributed by atoms with E-state index >= 15 is 0 Å². The molecule has 0 saturated heterocycles. The number of hydrogen-bond acceptors (Lipinski definition) is 5. The van der Waals surface area contributed by atoms with Crippen molar-refractivity contribution in [2.24, 2.45) is 0 Å². The molecule has 0 bridgehead atoms. The van der Waals surface area contributed by atoms with Crippen LogP contribution in [0, 0.1) is 6.92 Å². The average molecular weight is 475 g/mol. The van der Waals surface area contributed by atoms with E-state index in [4.69, 9.17) is 0 Å². The van der Waals surface area contributed by atoms with Crippen molar-refractivity contribution in [1.82, 2.24) is 5.32 Å². The van der Waals surface area contributed by atoms with Gasteiger partial charge < -0.3 is 26.0 Å². The molecule has 1 fully saturated rings. The maximum absolute atomic E-state index is 13.2. The van der Waals surface area contributed by atoms with Gasteiger partial charge in [-0.2, -0.15) is 0 Å². The van der Waals surface area contributed by atoms with Crippen LogP contribution in [0.1, 0.15) is 48.2 Å². The molecular weight excluding hydrogens is 444 g/mol. The van der Waals surface area contributed by atoms with E-state index in [-0.39, 0.29) is 29.9 Å². The first-order chi connectivity index (χ1) is 16.5. The highest BCUT2D eigenvalue weighted by Crippen LogP contribution is 2.50. The van der Waals surface area contributed by atoms with Gasteiger partial charge in [-0.25, -0.2) is 0 Å². The first-order valence-electron chi connectivity index (χ1n) is 11.5. The van der Waals surface area contributed by atoms with Crippen molar-refractivity contribution < 1.29 is 24.9 Å². The number of carbonyl (C=O) groups excluding carboxylic acids is 2. The van der Waals surface area contributed by atoms with Crippen molar-refractivity contribution in [3.8, 4) is 22.6 Å². The highest BCUT2D eigenvalue weighted by Gasteiger charge is 2.51. The van der Waals surface area contributed by atoms with Crippen molar-refractivity contribution in [2.45, 2.75) is 44.6 Å². The third kappa shape index (κ3) is 5.00. The lowest BCUT2D eigenvalue weighted by Gasteiger charge is -2.23. The van der Waals surface area contributed by atoms with E-state index in [2.05, 4.69) is 10.6 Å². The normalized spacial score (nSPS) is 14.3. The van der Waals surface area contributed by atoms with Crippen LogP contribution in [0.5, 0.6) is 11.5 Å². The van der Waals surface area contributed by atoms with Crippen molar-refractivity contribution in [3.63, 3.8) is 0 Å². The number of aryl methyl sites for hydroxylation is 1. The van der Waals surface area contributed by atoms with Crippen LogP contribution in [0.4, 0.5) is 5.69 Å². The third-order valence-electron chi connectivity index (χ3n) is 6.51. The van der Waals surface area contributed by atoms with Gasteiger partial charge in [-0.1, -0.05) is 24.3 Å². The van der Waals surface area contributed by atoms with E-state index < -0.39 is 11.0 Å². The molecule has 7 heteroatoms. The Morgan fingerprint density at radius 3 is 2.23 bits per heavy atom. The molecule has 0 aromatic heterocycles. The number of aliphatic hydroxyl groups is 1. The van der Waals surface area contributed by atoms with Crippen LogP contribution in [0.3, 0.4) is 0 Å². The van der Waals surface area contributed by atoms with Gasteiger partial charge >= 0.3 is 0 Å². The Labute approximate surface area is 204 Å². The predicted molar refractivity (Wildman–Crippen MR) is 135 cm³/mol. The van der Waals surface area contributed by atoms with Crippen molar-refractivity contribution in [1.29, 1.82) is 0 Å². The van der Waals surface area contributed by atoms with Crippen LogP contribution in [0.2, 0.25) is 0 Å². The van der Waals surface area contributed by atoms with Gasteiger partial charge in [0.05, 0.1) is 17.6 Å². The van der Waals surface area contributed by atoms with E-state index in [0.717, 1.165) is 16.7 Å². The Kier molecular flexibility index (Phi) is 6.30. The van der Waals surface area contributed by atoms with Gasteiger partial charge in [0.15, 0.2) is 11.5 Å². The number of amides is 2. The fourth-order valence-electron chi connectivity index (χ4n) is 4.07. The molecule has 0 spiro atoms.